The smallest absolute Gasteiger partial charge is 0.0728 e. The van der Waals surface area contributed by atoms with E-state index in [-0.39, 0.29) is 0 Å². The Morgan fingerprint density at radius 1 is 0.964 bits per heavy atom. The van der Waals surface area contributed by atoms with E-state index in [2.05, 4.69) is 78.7 Å². The fourth-order valence-corrected chi connectivity index (χ4v) is 5.13. The van der Waals surface area contributed by atoms with E-state index in [0.29, 0.717) is 11.8 Å². The molecule has 2 bridgehead atoms. The number of aliphatic hydroxyl groups is 1. The summed E-state index contributed by atoms with van der Waals surface area (Å²) >= 11 is 0. The van der Waals surface area contributed by atoms with Gasteiger partial charge < -0.3 is 10.0 Å². The Hall–Kier alpha value is -1.90. The minimum atomic E-state index is -0.519. The fourth-order valence-electron chi connectivity index (χ4n) is 5.13. The molecule has 0 unspecified atom stereocenters. The second-order valence-corrected chi connectivity index (χ2v) is 8.82. The van der Waals surface area contributed by atoms with E-state index in [1.54, 1.807) is 0 Å². The van der Waals surface area contributed by atoms with Crippen molar-refractivity contribution in [3.8, 4) is 0 Å². The minimum absolute atomic E-state index is 0.311. The van der Waals surface area contributed by atoms with E-state index in [1.165, 1.54) is 29.5 Å². The normalized spacial score (nSPS) is 26.5. The van der Waals surface area contributed by atoms with Crippen LogP contribution in [-0.2, 0) is 6.42 Å². The van der Waals surface area contributed by atoms with Gasteiger partial charge in [0, 0.05) is 12.5 Å². The summed E-state index contributed by atoms with van der Waals surface area (Å²) < 4.78 is 0. The summed E-state index contributed by atoms with van der Waals surface area (Å²) in [5, 5.41) is 11.4. The zero-order valence-electron chi connectivity index (χ0n) is 17.1. The van der Waals surface area contributed by atoms with Crippen LogP contribution in [0.25, 0.3) is 5.57 Å². The molecule has 0 spiro atoms. The minimum Gasteiger partial charge on any atom is -0.389 e. The van der Waals surface area contributed by atoms with E-state index in [9.17, 15) is 5.11 Å². The number of benzene rings is 2. The van der Waals surface area contributed by atoms with Gasteiger partial charge in [0.05, 0.1) is 5.60 Å². The third-order valence-corrected chi connectivity index (χ3v) is 6.82. The molecule has 2 aromatic carbocycles. The lowest BCUT2D eigenvalue weighted by molar-refractivity contribution is -0.0574. The monoisotopic (exact) mass is 375 g/mol. The van der Waals surface area contributed by atoms with Gasteiger partial charge in [-0.25, -0.2) is 0 Å². The van der Waals surface area contributed by atoms with Crippen molar-refractivity contribution >= 4 is 5.57 Å². The molecule has 2 aromatic rings. The van der Waals surface area contributed by atoms with Crippen molar-refractivity contribution < 1.29 is 5.11 Å². The molecule has 0 saturated heterocycles. The first kappa shape index (κ1) is 19.4. The van der Waals surface area contributed by atoms with Gasteiger partial charge in [0.15, 0.2) is 0 Å². The number of allylic oxidation sites excluding steroid dienone is 1. The molecule has 2 nitrogen and oxygen atoms in total. The van der Waals surface area contributed by atoms with E-state index in [0.717, 1.165) is 38.8 Å². The number of hydrogen-bond donors (Lipinski definition) is 1. The maximum Gasteiger partial charge on any atom is 0.0728 e. The lowest BCUT2D eigenvalue weighted by Crippen LogP contribution is -2.48. The number of rotatable bonds is 8. The summed E-state index contributed by atoms with van der Waals surface area (Å²) in [7, 11) is 2.20. The van der Waals surface area contributed by atoms with Crippen molar-refractivity contribution in [2.75, 3.05) is 20.1 Å². The molecule has 0 amide bonds. The standard InChI is InChI=1S/C26H33NO/c1-27(17-8-11-21-9-4-2-5-10-21)18-16-26(28)20-23-14-15-24(26)19-25(23)22-12-6-3-7-13-22/h2-7,9-10,12-13,19,23-24,28H,8,11,14-18,20H2,1H3/t23-,24+,26-/m1/s1. The zero-order chi connectivity index (χ0) is 19.4. The Morgan fingerprint density at radius 3 is 2.36 bits per heavy atom. The Balaban J connectivity index is 1.30. The van der Waals surface area contributed by atoms with Crippen molar-refractivity contribution in [2.24, 2.45) is 11.8 Å². The molecule has 2 heteroatoms. The molecule has 0 radical (unpaired) electrons. The van der Waals surface area contributed by atoms with Crippen LogP contribution in [0.5, 0.6) is 0 Å². The van der Waals surface area contributed by atoms with Gasteiger partial charge in [0.1, 0.15) is 0 Å². The van der Waals surface area contributed by atoms with Crippen LogP contribution < -0.4 is 0 Å². The van der Waals surface area contributed by atoms with Crippen molar-refractivity contribution in [1.29, 1.82) is 0 Å². The highest BCUT2D eigenvalue weighted by Gasteiger charge is 2.46. The van der Waals surface area contributed by atoms with Crippen LogP contribution in [0.2, 0.25) is 0 Å². The highest BCUT2D eigenvalue weighted by atomic mass is 16.3. The molecular weight excluding hydrogens is 342 g/mol. The Morgan fingerprint density at radius 2 is 1.68 bits per heavy atom. The molecule has 1 saturated carbocycles. The molecule has 28 heavy (non-hydrogen) atoms. The molecular formula is C26H33NO. The lowest BCUT2D eigenvalue weighted by atomic mass is 9.61. The number of fused-ring (bicyclic) bond motifs is 2. The topological polar surface area (TPSA) is 23.5 Å². The van der Waals surface area contributed by atoms with Crippen LogP contribution in [0.15, 0.2) is 66.7 Å². The summed E-state index contributed by atoms with van der Waals surface area (Å²) in [4.78, 5) is 2.39. The highest BCUT2D eigenvalue weighted by Crippen LogP contribution is 2.51. The van der Waals surface area contributed by atoms with Crippen molar-refractivity contribution in [3.63, 3.8) is 0 Å². The summed E-state index contributed by atoms with van der Waals surface area (Å²) in [6.07, 6.45) is 8.86. The molecule has 3 atom stereocenters. The van der Waals surface area contributed by atoms with Gasteiger partial charge in [-0.2, -0.15) is 0 Å². The number of aryl methyl sites for hydroxylation is 1. The highest BCUT2D eigenvalue weighted by molar-refractivity contribution is 5.69. The fraction of sp³-hybridized carbons (Fsp3) is 0.462. The van der Waals surface area contributed by atoms with E-state index in [4.69, 9.17) is 0 Å². The third-order valence-electron chi connectivity index (χ3n) is 6.82. The van der Waals surface area contributed by atoms with Gasteiger partial charge in [-0.15, -0.1) is 0 Å². The third kappa shape index (κ3) is 4.39. The Bertz CT molecular complexity index is 785. The average Bonchev–Trinajstić information content (AvgIpc) is 2.74. The number of hydrogen-bond acceptors (Lipinski definition) is 2. The molecule has 5 rings (SSSR count). The predicted octanol–water partition coefficient (Wildman–Crippen LogP) is 5.19. The van der Waals surface area contributed by atoms with E-state index >= 15 is 0 Å². The molecule has 3 aliphatic rings. The zero-order valence-corrected chi connectivity index (χ0v) is 17.1. The second-order valence-electron chi connectivity index (χ2n) is 8.82. The first-order valence-corrected chi connectivity index (χ1v) is 10.9. The average molecular weight is 376 g/mol. The predicted molar refractivity (Wildman–Crippen MR) is 117 cm³/mol. The molecule has 0 aliphatic heterocycles. The Kier molecular flexibility index (Phi) is 5.99. The van der Waals surface area contributed by atoms with Crippen LogP contribution in [0.4, 0.5) is 0 Å². The maximum absolute atomic E-state index is 11.4. The van der Waals surface area contributed by atoms with Crippen LogP contribution >= 0.6 is 0 Å². The second kappa shape index (κ2) is 8.63. The summed E-state index contributed by atoms with van der Waals surface area (Å²) in [6, 6.07) is 21.5. The number of nitrogens with zero attached hydrogens (tertiary/aromatic N) is 1. The molecule has 0 heterocycles. The van der Waals surface area contributed by atoms with Crippen molar-refractivity contribution in [1.82, 2.24) is 4.90 Å². The van der Waals surface area contributed by atoms with Crippen LogP contribution in [-0.4, -0.2) is 35.7 Å². The van der Waals surface area contributed by atoms with Crippen LogP contribution in [0.1, 0.15) is 43.2 Å². The first-order chi connectivity index (χ1) is 13.6. The molecule has 0 aromatic heterocycles. The van der Waals surface area contributed by atoms with Gasteiger partial charge in [0.2, 0.25) is 0 Å². The summed E-state index contributed by atoms with van der Waals surface area (Å²) in [6.45, 7) is 2.06. The maximum atomic E-state index is 11.4. The van der Waals surface area contributed by atoms with Gasteiger partial charge in [-0.3, -0.25) is 0 Å². The quantitative estimate of drug-likeness (QED) is 0.687. The van der Waals surface area contributed by atoms with Gasteiger partial charge in [-0.1, -0.05) is 66.7 Å². The van der Waals surface area contributed by atoms with E-state index in [1.807, 2.05) is 0 Å². The lowest BCUT2D eigenvalue weighted by Gasteiger charge is -2.48. The Labute approximate surface area is 169 Å². The van der Waals surface area contributed by atoms with E-state index < -0.39 is 5.60 Å². The SMILES string of the molecule is CN(CCCc1ccccc1)CC[C@@]1(O)C[C@H]2CC[C@H]1C=C2c1ccccc1. The van der Waals surface area contributed by atoms with Crippen LogP contribution in [0, 0.1) is 11.8 Å². The summed E-state index contributed by atoms with van der Waals surface area (Å²) in [5.74, 6) is 0.825. The molecule has 3 aliphatic carbocycles. The first-order valence-electron chi connectivity index (χ1n) is 10.9. The molecule has 1 fully saturated rings. The van der Waals surface area contributed by atoms with Crippen LogP contribution in [0.3, 0.4) is 0 Å². The van der Waals surface area contributed by atoms with Crippen molar-refractivity contribution in [3.05, 3.63) is 77.9 Å². The van der Waals surface area contributed by atoms with Gasteiger partial charge >= 0.3 is 0 Å². The van der Waals surface area contributed by atoms with Gasteiger partial charge in [-0.05, 0) is 74.7 Å². The van der Waals surface area contributed by atoms with Gasteiger partial charge in [0.25, 0.3) is 0 Å². The largest absolute Gasteiger partial charge is 0.389 e. The van der Waals surface area contributed by atoms with Crippen molar-refractivity contribution in [2.45, 2.75) is 44.1 Å². The molecule has 1 N–H and O–H groups in total. The summed E-state index contributed by atoms with van der Waals surface area (Å²) in [5.41, 5.74) is 3.71. The molecule has 148 valence electrons.